The molecule has 2 aromatic carbocycles. The summed E-state index contributed by atoms with van der Waals surface area (Å²) in [5.41, 5.74) is 3.03. The number of ether oxygens (including phenoxy) is 3. The van der Waals surface area contributed by atoms with E-state index in [0.717, 1.165) is 0 Å². The summed E-state index contributed by atoms with van der Waals surface area (Å²) >= 11 is 3.25. The van der Waals surface area contributed by atoms with Gasteiger partial charge in [-0.25, -0.2) is 5.43 Å². The van der Waals surface area contributed by atoms with Crippen molar-refractivity contribution in [2.75, 3.05) is 19.8 Å². The largest absolute Gasteiger partial charge is 0.503 e. The summed E-state index contributed by atoms with van der Waals surface area (Å²) < 4.78 is 16.7. The summed E-state index contributed by atoms with van der Waals surface area (Å²) in [5.74, 6) is 0.992. The van der Waals surface area contributed by atoms with Crippen LogP contribution < -0.4 is 19.6 Å². The number of nitrogens with zero attached hydrogens (tertiary/aromatic N) is 1. The Morgan fingerprint density at radius 2 is 1.74 bits per heavy atom. The first-order valence-electron chi connectivity index (χ1n) is 8.37. The zero-order valence-corrected chi connectivity index (χ0v) is 16.7. The number of aromatic hydroxyl groups is 1. The highest BCUT2D eigenvalue weighted by atomic mass is 79.9. The molecule has 0 spiro atoms. The molecule has 144 valence electrons. The number of rotatable bonds is 9. The van der Waals surface area contributed by atoms with Crippen molar-refractivity contribution in [3.05, 3.63) is 46.4 Å². The normalized spacial score (nSPS) is 10.6. The Morgan fingerprint density at radius 1 is 1.11 bits per heavy atom. The number of hydrazone groups is 1. The molecule has 0 saturated carbocycles. The number of phenolic OH excluding ortho intramolecular Hbond substituents is 1. The Labute approximate surface area is 166 Å². The monoisotopic (exact) mass is 436 g/mol. The van der Waals surface area contributed by atoms with E-state index >= 15 is 0 Å². The van der Waals surface area contributed by atoms with E-state index in [-0.39, 0.29) is 12.4 Å². The van der Waals surface area contributed by atoms with E-state index in [2.05, 4.69) is 26.5 Å². The summed E-state index contributed by atoms with van der Waals surface area (Å²) in [4.78, 5) is 11.9. The number of amides is 1. The van der Waals surface area contributed by atoms with Crippen LogP contribution in [0.25, 0.3) is 0 Å². The van der Waals surface area contributed by atoms with Gasteiger partial charge in [-0.15, -0.1) is 0 Å². The van der Waals surface area contributed by atoms with Gasteiger partial charge in [0.2, 0.25) is 0 Å². The van der Waals surface area contributed by atoms with Crippen LogP contribution in [0, 0.1) is 0 Å². The first-order chi connectivity index (χ1) is 13.0. The maximum atomic E-state index is 11.9. The molecule has 0 aliphatic carbocycles. The molecular weight excluding hydrogens is 416 g/mol. The number of nitrogens with one attached hydrogen (secondary N) is 1. The lowest BCUT2D eigenvalue weighted by molar-refractivity contribution is -0.123. The van der Waals surface area contributed by atoms with Crippen molar-refractivity contribution in [1.29, 1.82) is 0 Å². The summed E-state index contributed by atoms with van der Waals surface area (Å²) in [6.45, 7) is 4.40. The molecule has 2 aromatic rings. The SMILES string of the molecule is CCOc1ccccc1OCC(=O)N/N=C\c1cc(Br)c(O)c(OCC)c1. The van der Waals surface area contributed by atoms with Crippen molar-refractivity contribution >= 4 is 28.1 Å². The van der Waals surface area contributed by atoms with Crippen LogP contribution in [0.2, 0.25) is 0 Å². The van der Waals surface area contributed by atoms with Crippen LogP contribution >= 0.6 is 15.9 Å². The third kappa shape index (κ3) is 6.18. The minimum atomic E-state index is -0.416. The molecule has 0 radical (unpaired) electrons. The van der Waals surface area contributed by atoms with Crippen molar-refractivity contribution < 1.29 is 24.1 Å². The Bertz CT molecular complexity index is 811. The average molecular weight is 437 g/mol. The van der Waals surface area contributed by atoms with Gasteiger partial charge in [0.1, 0.15) is 0 Å². The lowest BCUT2D eigenvalue weighted by Crippen LogP contribution is -2.24. The van der Waals surface area contributed by atoms with Gasteiger partial charge in [0.05, 0.1) is 23.9 Å². The topological polar surface area (TPSA) is 89.4 Å². The molecule has 0 fully saturated rings. The number of benzene rings is 2. The number of hydrogen-bond acceptors (Lipinski definition) is 6. The zero-order valence-electron chi connectivity index (χ0n) is 15.1. The molecule has 2 N–H and O–H groups in total. The van der Waals surface area contributed by atoms with Crippen LogP contribution in [0.4, 0.5) is 0 Å². The second kappa shape index (κ2) is 10.4. The van der Waals surface area contributed by atoms with Crippen LogP contribution in [-0.4, -0.2) is 37.0 Å². The van der Waals surface area contributed by atoms with Gasteiger partial charge in [-0.05, 0) is 59.6 Å². The van der Waals surface area contributed by atoms with E-state index in [1.165, 1.54) is 6.21 Å². The summed E-state index contributed by atoms with van der Waals surface area (Å²) in [6, 6.07) is 10.4. The summed E-state index contributed by atoms with van der Waals surface area (Å²) in [6.07, 6.45) is 1.44. The Morgan fingerprint density at radius 3 is 2.41 bits per heavy atom. The first-order valence-corrected chi connectivity index (χ1v) is 9.16. The molecule has 0 unspecified atom stereocenters. The van der Waals surface area contributed by atoms with Gasteiger partial charge in [-0.3, -0.25) is 4.79 Å². The van der Waals surface area contributed by atoms with Gasteiger partial charge in [0.15, 0.2) is 29.6 Å². The third-order valence-electron chi connectivity index (χ3n) is 3.26. The predicted molar refractivity (Wildman–Crippen MR) is 106 cm³/mol. The minimum Gasteiger partial charge on any atom is -0.503 e. The van der Waals surface area contributed by atoms with Gasteiger partial charge < -0.3 is 19.3 Å². The van der Waals surface area contributed by atoms with Gasteiger partial charge >= 0.3 is 0 Å². The summed E-state index contributed by atoms with van der Waals surface area (Å²) in [7, 11) is 0. The van der Waals surface area contributed by atoms with E-state index in [0.29, 0.717) is 40.5 Å². The van der Waals surface area contributed by atoms with Crippen LogP contribution in [0.15, 0.2) is 46.0 Å². The van der Waals surface area contributed by atoms with Crippen LogP contribution in [0.1, 0.15) is 19.4 Å². The van der Waals surface area contributed by atoms with Crippen LogP contribution in [-0.2, 0) is 4.79 Å². The highest BCUT2D eigenvalue weighted by Crippen LogP contribution is 2.35. The molecule has 0 aliphatic rings. The minimum absolute atomic E-state index is 0.0133. The lowest BCUT2D eigenvalue weighted by Gasteiger charge is -2.10. The molecule has 27 heavy (non-hydrogen) atoms. The van der Waals surface area contributed by atoms with Crippen molar-refractivity contribution in [3.8, 4) is 23.0 Å². The Kier molecular flexibility index (Phi) is 7.94. The predicted octanol–water partition coefficient (Wildman–Crippen LogP) is 3.48. The average Bonchev–Trinajstić information content (AvgIpc) is 2.65. The Hall–Kier alpha value is -2.74. The second-order valence-electron chi connectivity index (χ2n) is 5.24. The quantitative estimate of drug-likeness (QED) is 0.463. The van der Waals surface area contributed by atoms with Crippen molar-refractivity contribution in [1.82, 2.24) is 5.43 Å². The molecule has 8 heteroatoms. The smallest absolute Gasteiger partial charge is 0.277 e. The van der Waals surface area contributed by atoms with Crippen LogP contribution in [0.5, 0.6) is 23.0 Å². The van der Waals surface area contributed by atoms with E-state index in [1.54, 1.807) is 30.3 Å². The maximum absolute atomic E-state index is 11.9. The zero-order chi connectivity index (χ0) is 19.6. The molecule has 7 nitrogen and oxygen atoms in total. The van der Waals surface area contributed by atoms with E-state index in [9.17, 15) is 9.90 Å². The van der Waals surface area contributed by atoms with Crippen molar-refractivity contribution in [3.63, 3.8) is 0 Å². The molecule has 0 saturated heterocycles. The van der Waals surface area contributed by atoms with Gasteiger partial charge in [-0.1, -0.05) is 12.1 Å². The first kappa shape index (κ1) is 20.6. The van der Waals surface area contributed by atoms with Crippen molar-refractivity contribution in [2.45, 2.75) is 13.8 Å². The molecule has 0 heterocycles. The Balaban J connectivity index is 1.92. The fourth-order valence-electron chi connectivity index (χ4n) is 2.13. The molecule has 0 atom stereocenters. The number of carbonyl (C=O) groups is 1. The fourth-order valence-corrected chi connectivity index (χ4v) is 2.59. The number of phenols is 1. The second-order valence-corrected chi connectivity index (χ2v) is 6.10. The van der Waals surface area contributed by atoms with Gasteiger partial charge in [0, 0.05) is 0 Å². The highest BCUT2D eigenvalue weighted by molar-refractivity contribution is 9.10. The van der Waals surface area contributed by atoms with Gasteiger partial charge in [-0.2, -0.15) is 5.10 Å². The highest BCUT2D eigenvalue weighted by Gasteiger charge is 2.09. The number of carbonyl (C=O) groups excluding carboxylic acids is 1. The molecule has 2 rings (SSSR count). The molecular formula is C19H21BrN2O5. The summed E-state index contributed by atoms with van der Waals surface area (Å²) in [5, 5.41) is 13.8. The maximum Gasteiger partial charge on any atom is 0.277 e. The third-order valence-corrected chi connectivity index (χ3v) is 3.87. The fraction of sp³-hybridized carbons (Fsp3) is 0.263. The van der Waals surface area contributed by atoms with E-state index in [4.69, 9.17) is 14.2 Å². The van der Waals surface area contributed by atoms with E-state index in [1.807, 2.05) is 19.9 Å². The standard InChI is InChI=1S/C19H21BrN2O5/c1-3-25-15-7-5-6-8-16(15)27-12-18(23)22-21-11-13-9-14(20)19(24)17(10-13)26-4-2/h5-11,24H,3-4,12H2,1-2H3,(H,22,23)/b21-11-. The van der Waals surface area contributed by atoms with Crippen LogP contribution in [0.3, 0.4) is 0 Å². The van der Waals surface area contributed by atoms with E-state index < -0.39 is 5.91 Å². The lowest BCUT2D eigenvalue weighted by atomic mass is 10.2. The van der Waals surface area contributed by atoms with Gasteiger partial charge in [0.25, 0.3) is 5.91 Å². The number of para-hydroxylation sites is 2. The molecule has 0 aromatic heterocycles. The number of halogens is 1. The molecule has 0 bridgehead atoms. The molecule has 1 amide bonds. The van der Waals surface area contributed by atoms with Crippen molar-refractivity contribution in [2.24, 2.45) is 5.10 Å². The molecule has 0 aliphatic heterocycles. The number of hydrogen-bond donors (Lipinski definition) is 2.